The van der Waals surface area contributed by atoms with E-state index < -0.39 is 0 Å². The number of urea groups is 1. The number of nitrogens with zero attached hydrogens (tertiary/aromatic N) is 1. The first-order chi connectivity index (χ1) is 17.5. The molecule has 6 nitrogen and oxygen atoms in total. The van der Waals surface area contributed by atoms with Crippen LogP contribution in [-0.2, 0) is 6.42 Å². The summed E-state index contributed by atoms with van der Waals surface area (Å²) in [6.07, 6.45) is 4.22. The lowest BCUT2D eigenvalue weighted by Gasteiger charge is -2.30. The van der Waals surface area contributed by atoms with Crippen LogP contribution in [0, 0.1) is 0 Å². The lowest BCUT2D eigenvalue weighted by atomic mass is 10.0. The van der Waals surface area contributed by atoms with Gasteiger partial charge in [0, 0.05) is 36.7 Å². The molecule has 36 heavy (non-hydrogen) atoms. The maximum Gasteiger partial charge on any atom is 0.323 e. The summed E-state index contributed by atoms with van der Waals surface area (Å²) in [6, 6.07) is 23.2. The summed E-state index contributed by atoms with van der Waals surface area (Å²) >= 11 is 0. The fourth-order valence-corrected chi connectivity index (χ4v) is 4.51. The van der Waals surface area contributed by atoms with Crippen LogP contribution in [0.5, 0.6) is 0 Å². The highest BCUT2D eigenvalue weighted by molar-refractivity contribution is 6.04. The lowest BCUT2D eigenvalue weighted by molar-refractivity contribution is 0.0954. The molecule has 3 aromatic rings. The molecule has 1 heterocycles. The van der Waals surface area contributed by atoms with Crippen LogP contribution >= 0.6 is 0 Å². The van der Waals surface area contributed by atoms with E-state index in [1.54, 1.807) is 6.07 Å². The van der Waals surface area contributed by atoms with Gasteiger partial charge in [0.15, 0.2) is 0 Å². The van der Waals surface area contributed by atoms with Gasteiger partial charge in [-0.2, -0.15) is 0 Å². The van der Waals surface area contributed by atoms with Crippen LogP contribution in [0.2, 0.25) is 0 Å². The molecule has 188 valence electrons. The summed E-state index contributed by atoms with van der Waals surface area (Å²) in [7, 11) is 0. The van der Waals surface area contributed by atoms with Crippen LogP contribution in [0.4, 0.5) is 21.9 Å². The van der Waals surface area contributed by atoms with Gasteiger partial charge in [0.1, 0.15) is 0 Å². The fourth-order valence-electron chi connectivity index (χ4n) is 4.51. The second-order valence-corrected chi connectivity index (χ2v) is 9.63. The molecular formula is C30H36N4O2. The minimum absolute atomic E-state index is 0.125. The van der Waals surface area contributed by atoms with Gasteiger partial charge in [-0.15, -0.1) is 0 Å². The predicted molar refractivity (Wildman–Crippen MR) is 148 cm³/mol. The molecule has 6 heteroatoms. The highest BCUT2D eigenvalue weighted by Gasteiger charge is 2.19. The van der Waals surface area contributed by atoms with Crippen molar-refractivity contribution < 1.29 is 9.59 Å². The van der Waals surface area contributed by atoms with Gasteiger partial charge in [-0.25, -0.2) is 4.79 Å². The normalized spacial score (nSPS) is 13.4. The highest BCUT2D eigenvalue weighted by atomic mass is 16.2. The SMILES string of the molecule is CC(C)c1ccc(NC(=O)Nc2ccc(N3CCCCC3)c(C(=O)NCCc3ccccc3)c2)cc1. The maximum absolute atomic E-state index is 13.2. The third-order valence-corrected chi connectivity index (χ3v) is 6.57. The van der Waals surface area contributed by atoms with Crippen LogP contribution in [-0.4, -0.2) is 31.6 Å². The van der Waals surface area contributed by atoms with Crippen molar-refractivity contribution >= 4 is 29.0 Å². The summed E-state index contributed by atoms with van der Waals surface area (Å²) in [5.74, 6) is 0.309. The van der Waals surface area contributed by atoms with Gasteiger partial charge >= 0.3 is 6.03 Å². The maximum atomic E-state index is 13.2. The lowest BCUT2D eigenvalue weighted by Crippen LogP contribution is -2.33. The van der Waals surface area contributed by atoms with Crippen molar-refractivity contribution in [1.82, 2.24) is 5.32 Å². The van der Waals surface area contributed by atoms with E-state index in [1.807, 2.05) is 54.6 Å². The standard InChI is InChI=1S/C30H36N4O2/c1-22(2)24-11-13-25(14-12-24)32-30(36)33-26-15-16-28(34-19-7-4-8-20-34)27(21-26)29(35)31-18-17-23-9-5-3-6-10-23/h3,5-6,9-16,21-22H,4,7-8,17-20H2,1-2H3,(H,31,35)(H2,32,33,36). The van der Waals surface area contributed by atoms with Crippen molar-refractivity contribution in [3.8, 4) is 0 Å². The van der Waals surface area contributed by atoms with Gasteiger partial charge in [-0.3, -0.25) is 4.79 Å². The molecule has 3 amide bonds. The van der Waals surface area contributed by atoms with Crippen molar-refractivity contribution in [2.24, 2.45) is 0 Å². The Morgan fingerprint density at radius 2 is 1.50 bits per heavy atom. The number of piperidine rings is 1. The van der Waals surface area contributed by atoms with E-state index in [2.05, 4.69) is 46.8 Å². The molecular weight excluding hydrogens is 448 g/mol. The summed E-state index contributed by atoms with van der Waals surface area (Å²) in [5.41, 5.74) is 5.21. The van der Waals surface area contributed by atoms with Crippen molar-refractivity contribution in [2.75, 3.05) is 35.2 Å². The molecule has 1 aliphatic rings. The van der Waals surface area contributed by atoms with E-state index in [0.29, 0.717) is 23.7 Å². The molecule has 0 aliphatic carbocycles. The number of anilines is 3. The Labute approximate surface area is 214 Å². The number of hydrogen-bond acceptors (Lipinski definition) is 3. The molecule has 1 saturated heterocycles. The molecule has 3 N–H and O–H groups in total. The molecule has 0 aromatic heterocycles. The first-order valence-electron chi connectivity index (χ1n) is 12.9. The van der Waals surface area contributed by atoms with Gasteiger partial charge < -0.3 is 20.9 Å². The molecule has 0 bridgehead atoms. The fraction of sp³-hybridized carbons (Fsp3) is 0.333. The van der Waals surface area contributed by atoms with Gasteiger partial charge in [0.25, 0.3) is 5.91 Å². The number of carbonyl (C=O) groups is 2. The molecule has 1 fully saturated rings. The Hall–Kier alpha value is -3.80. The molecule has 0 atom stereocenters. The van der Waals surface area contributed by atoms with Crippen LogP contribution in [0.1, 0.15) is 60.5 Å². The van der Waals surface area contributed by atoms with Gasteiger partial charge in [-0.1, -0.05) is 56.3 Å². The Bertz CT molecular complexity index is 1150. The number of amides is 3. The number of carbonyl (C=O) groups excluding carboxylic acids is 2. The second kappa shape index (κ2) is 12.2. The molecule has 1 aliphatic heterocycles. The number of benzene rings is 3. The summed E-state index contributed by atoms with van der Waals surface area (Å²) < 4.78 is 0. The Kier molecular flexibility index (Phi) is 8.61. The van der Waals surface area contributed by atoms with Crippen molar-refractivity contribution in [1.29, 1.82) is 0 Å². The number of nitrogens with one attached hydrogen (secondary N) is 3. The monoisotopic (exact) mass is 484 g/mol. The van der Waals surface area contributed by atoms with E-state index >= 15 is 0 Å². The average Bonchev–Trinajstić information content (AvgIpc) is 2.90. The van der Waals surface area contributed by atoms with E-state index in [9.17, 15) is 9.59 Å². The third kappa shape index (κ3) is 6.87. The smallest absolute Gasteiger partial charge is 0.323 e. The zero-order valence-electron chi connectivity index (χ0n) is 21.2. The first-order valence-corrected chi connectivity index (χ1v) is 12.9. The van der Waals surface area contributed by atoms with Gasteiger partial charge in [-0.05, 0) is 73.1 Å². The van der Waals surface area contributed by atoms with E-state index in [1.165, 1.54) is 17.5 Å². The summed E-state index contributed by atoms with van der Waals surface area (Å²) in [5, 5.41) is 8.83. The predicted octanol–water partition coefficient (Wildman–Crippen LogP) is 6.42. The Morgan fingerprint density at radius 1 is 0.833 bits per heavy atom. The topological polar surface area (TPSA) is 73.5 Å². The zero-order chi connectivity index (χ0) is 25.3. The van der Waals surface area contributed by atoms with E-state index in [-0.39, 0.29) is 11.9 Å². The second-order valence-electron chi connectivity index (χ2n) is 9.63. The van der Waals surface area contributed by atoms with Crippen LogP contribution in [0.3, 0.4) is 0 Å². The molecule has 4 rings (SSSR count). The molecule has 0 unspecified atom stereocenters. The Morgan fingerprint density at radius 3 is 2.19 bits per heavy atom. The Balaban J connectivity index is 1.45. The minimum atomic E-state index is -0.339. The van der Waals surface area contributed by atoms with Crippen molar-refractivity contribution in [3.63, 3.8) is 0 Å². The molecule has 0 spiro atoms. The minimum Gasteiger partial charge on any atom is -0.371 e. The van der Waals surface area contributed by atoms with E-state index in [0.717, 1.165) is 43.7 Å². The van der Waals surface area contributed by atoms with Crippen LogP contribution in [0.15, 0.2) is 72.8 Å². The molecule has 0 saturated carbocycles. The molecule has 3 aromatic carbocycles. The number of rotatable bonds is 8. The van der Waals surface area contributed by atoms with Crippen molar-refractivity contribution in [3.05, 3.63) is 89.5 Å². The zero-order valence-corrected chi connectivity index (χ0v) is 21.2. The molecule has 0 radical (unpaired) electrons. The van der Waals surface area contributed by atoms with Gasteiger partial charge in [0.2, 0.25) is 0 Å². The summed E-state index contributed by atoms with van der Waals surface area (Å²) in [4.78, 5) is 28.2. The number of hydrogen-bond donors (Lipinski definition) is 3. The first kappa shape index (κ1) is 25.3. The average molecular weight is 485 g/mol. The summed E-state index contributed by atoms with van der Waals surface area (Å²) in [6.45, 7) is 6.69. The quantitative estimate of drug-likeness (QED) is 0.346. The van der Waals surface area contributed by atoms with Crippen molar-refractivity contribution in [2.45, 2.75) is 45.4 Å². The van der Waals surface area contributed by atoms with E-state index in [4.69, 9.17) is 0 Å². The largest absolute Gasteiger partial charge is 0.371 e. The third-order valence-electron chi connectivity index (χ3n) is 6.57. The highest BCUT2D eigenvalue weighted by Crippen LogP contribution is 2.27. The van der Waals surface area contributed by atoms with Gasteiger partial charge in [0.05, 0.1) is 5.56 Å². The van der Waals surface area contributed by atoms with Crippen LogP contribution < -0.4 is 20.9 Å². The van der Waals surface area contributed by atoms with Crippen LogP contribution in [0.25, 0.3) is 0 Å².